The summed E-state index contributed by atoms with van der Waals surface area (Å²) in [5, 5.41) is 15.3. The van der Waals surface area contributed by atoms with Crippen LogP contribution in [0.25, 0.3) is 0 Å². The van der Waals surface area contributed by atoms with Crippen molar-refractivity contribution in [3.63, 3.8) is 0 Å². The molecule has 2 rings (SSSR count). The Kier molecular flexibility index (Phi) is 5.04. The lowest BCUT2D eigenvalue weighted by atomic mass is 10.2. The zero-order valence-electron chi connectivity index (χ0n) is 8.59. The summed E-state index contributed by atoms with van der Waals surface area (Å²) in [6.45, 7) is 6.50. The van der Waals surface area contributed by atoms with Crippen molar-refractivity contribution in [2.75, 3.05) is 26.2 Å². The highest BCUT2D eigenvalue weighted by molar-refractivity contribution is 5.25. The third kappa shape index (κ3) is 4.84. The zero-order valence-corrected chi connectivity index (χ0v) is 8.59. The van der Waals surface area contributed by atoms with E-state index in [4.69, 9.17) is 5.11 Å². The first-order valence-corrected chi connectivity index (χ1v) is 4.96. The van der Waals surface area contributed by atoms with Crippen molar-refractivity contribution in [1.82, 2.24) is 10.6 Å². The van der Waals surface area contributed by atoms with Crippen LogP contribution in [-0.4, -0.2) is 31.3 Å². The first-order valence-electron chi connectivity index (χ1n) is 4.96. The first kappa shape index (κ1) is 11.0. The monoisotopic (exact) mass is 194 g/mol. The first-order chi connectivity index (χ1) is 6.79. The smallest absolute Gasteiger partial charge is 0.115 e. The molecule has 3 nitrogen and oxygen atoms in total. The fourth-order valence-corrected chi connectivity index (χ4v) is 1.23. The number of benzene rings is 1. The molecule has 0 saturated carbocycles. The Morgan fingerprint density at radius 1 is 1.07 bits per heavy atom. The van der Waals surface area contributed by atoms with Gasteiger partial charge in [0.2, 0.25) is 0 Å². The van der Waals surface area contributed by atoms with Gasteiger partial charge in [-0.15, -0.1) is 0 Å². The average Bonchev–Trinajstić information content (AvgIpc) is 2.21. The lowest BCUT2D eigenvalue weighted by molar-refractivity contribution is 0.475. The van der Waals surface area contributed by atoms with Crippen molar-refractivity contribution in [3.8, 4) is 5.75 Å². The molecule has 0 aliphatic carbocycles. The van der Waals surface area contributed by atoms with E-state index in [2.05, 4.69) is 10.6 Å². The summed E-state index contributed by atoms with van der Waals surface area (Å²) in [4.78, 5) is 0. The molecule has 0 amide bonds. The second kappa shape index (κ2) is 6.40. The van der Waals surface area contributed by atoms with E-state index in [1.807, 2.05) is 19.1 Å². The van der Waals surface area contributed by atoms with Crippen LogP contribution in [0.15, 0.2) is 24.3 Å². The topological polar surface area (TPSA) is 44.3 Å². The summed E-state index contributed by atoms with van der Waals surface area (Å²) in [5.74, 6) is 0.338. The van der Waals surface area contributed by atoms with Crippen LogP contribution >= 0.6 is 0 Å². The van der Waals surface area contributed by atoms with Crippen molar-refractivity contribution in [2.24, 2.45) is 0 Å². The van der Waals surface area contributed by atoms with E-state index in [1.54, 1.807) is 12.1 Å². The van der Waals surface area contributed by atoms with E-state index in [9.17, 15) is 0 Å². The fraction of sp³-hybridized carbons (Fsp3) is 0.455. The molecule has 1 saturated heterocycles. The number of piperazine rings is 1. The fourth-order valence-electron chi connectivity index (χ4n) is 1.23. The number of hydrogen-bond donors (Lipinski definition) is 3. The van der Waals surface area contributed by atoms with Crippen LogP contribution in [0.2, 0.25) is 0 Å². The van der Waals surface area contributed by atoms with E-state index in [1.165, 1.54) is 0 Å². The SMILES string of the molecule is C1CNCCN1.Cc1cccc(O)c1. The van der Waals surface area contributed by atoms with Gasteiger partial charge in [-0.3, -0.25) is 0 Å². The molecule has 3 heteroatoms. The Labute approximate surface area is 85.2 Å². The van der Waals surface area contributed by atoms with Crippen molar-refractivity contribution < 1.29 is 5.11 Å². The molecular weight excluding hydrogens is 176 g/mol. The van der Waals surface area contributed by atoms with Crippen LogP contribution in [-0.2, 0) is 0 Å². The van der Waals surface area contributed by atoms with Gasteiger partial charge in [0.15, 0.2) is 0 Å². The predicted molar refractivity (Wildman–Crippen MR) is 58.6 cm³/mol. The average molecular weight is 194 g/mol. The summed E-state index contributed by atoms with van der Waals surface area (Å²) >= 11 is 0. The highest BCUT2D eigenvalue weighted by Crippen LogP contribution is 2.08. The summed E-state index contributed by atoms with van der Waals surface area (Å²) in [7, 11) is 0. The van der Waals surface area contributed by atoms with Crippen molar-refractivity contribution >= 4 is 0 Å². The van der Waals surface area contributed by atoms with Gasteiger partial charge in [0.1, 0.15) is 5.75 Å². The molecule has 1 aliphatic heterocycles. The Hall–Kier alpha value is -1.06. The Balaban J connectivity index is 0.000000146. The van der Waals surface area contributed by atoms with Gasteiger partial charge < -0.3 is 15.7 Å². The van der Waals surface area contributed by atoms with Gasteiger partial charge in [0.25, 0.3) is 0 Å². The Morgan fingerprint density at radius 2 is 1.64 bits per heavy atom. The van der Waals surface area contributed by atoms with Gasteiger partial charge in [-0.25, -0.2) is 0 Å². The number of aromatic hydroxyl groups is 1. The van der Waals surface area contributed by atoms with Crippen LogP contribution in [0.1, 0.15) is 5.56 Å². The van der Waals surface area contributed by atoms with Gasteiger partial charge in [0, 0.05) is 26.2 Å². The van der Waals surface area contributed by atoms with Gasteiger partial charge in [0.05, 0.1) is 0 Å². The van der Waals surface area contributed by atoms with Crippen LogP contribution in [0.3, 0.4) is 0 Å². The Bertz CT molecular complexity index is 230. The molecule has 1 heterocycles. The van der Waals surface area contributed by atoms with Crippen molar-refractivity contribution in [3.05, 3.63) is 29.8 Å². The van der Waals surface area contributed by atoms with E-state index < -0.39 is 0 Å². The molecule has 1 aliphatic rings. The van der Waals surface area contributed by atoms with Crippen LogP contribution in [0, 0.1) is 6.92 Å². The van der Waals surface area contributed by atoms with Crippen LogP contribution in [0.5, 0.6) is 5.75 Å². The molecule has 14 heavy (non-hydrogen) atoms. The molecule has 78 valence electrons. The van der Waals surface area contributed by atoms with Crippen LogP contribution < -0.4 is 10.6 Å². The molecule has 1 fully saturated rings. The lowest BCUT2D eigenvalue weighted by Crippen LogP contribution is -2.39. The largest absolute Gasteiger partial charge is 0.508 e. The van der Waals surface area contributed by atoms with Crippen molar-refractivity contribution in [2.45, 2.75) is 6.92 Å². The predicted octanol–water partition coefficient (Wildman–Crippen LogP) is 0.880. The maximum Gasteiger partial charge on any atom is 0.115 e. The minimum absolute atomic E-state index is 0.338. The van der Waals surface area contributed by atoms with Gasteiger partial charge >= 0.3 is 0 Å². The highest BCUT2D eigenvalue weighted by atomic mass is 16.3. The molecule has 0 unspecified atom stereocenters. The van der Waals surface area contributed by atoms with Gasteiger partial charge in [-0.2, -0.15) is 0 Å². The molecule has 0 aromatic heterocycles. The number of phenolic OH excluding ortho intramolecular Hbond substituents is 1. The normalized spacial score (nSPS) is 15.5. The molecule has 1 aromatic rings. The third-order valence-corrected chi connectivity index (χ3v) is 1.96. The van der Waals surface area contributed by atoms with Crippen molar-refractivity contribution in [1.29, 1.82) is 0 Å². The van der Waals surface area contributed by atoms with E-state index in [0.717, 1.165) is 31.7 Å². The number of rotatable bonds is 0. The number of phenols is 1. The maximum atomic E-state index is 8.81. The van der Waals surface area contributed by atoms with Crippen LogP contribution in [0.4, 0.5) is 0 Å². The second-order valence-electron chi connectivity index (χ2n) is 3.34. The number of nitrogens with one attached hydrogen (secondary N) is 2. The van der Waals surface area contributed by atoms with E-state index in [0.29, 0.717) is 5.75 Å². The molecule has 0 radical (unpaired) electrons. The highest BCUT2D eigenvalue weighted by Gasteiger charge is 1.91. The quantitative estimate of drug-likeness (QED) is 0.574. The standard InChI is InChI=1S/C7H8O.C4H10N2/c1-6-3-2-4-7(8)5-6;1-2-6-4-3-5-1/h2-5,8H,1H3;5-6H,1-4H2. The Morgan fingerprint density at radius 3 is 1.93 bits per heavy atom. The van der Waals surface area contributed by atoms with E-state index in [-0.39, 0.29) is 0 Å². The lowest BCUT2D eigenvalue weighted by Gasteiger charge is -2.11. The molecule has 0 spiro atoms. The minimum Gasteiger partial charge on any atom is -0.508 e. The third-order valence-electron chi connectivity index (χ3n) is 1.96. The summed E-state index contributed by atoms with van der Waals surface area (Å²) in [6, 6.07) is 7.15. The molecule has 3 N–H and O–H groups in total. The summed E-state index contributed by atoms with van der Waals surface area (Å²) < 4.78 is 0. The number of aryl methyl sites for hydroxylation is 1. The summed E-state index contributed by atoms with van der Waals surface area (Å²) in [6.07, 6.45) is 0. The molecule has 0 atom stereocenters. The van der Waals surface area contributed by atoms with E-state index >= 15 is 0 Å². The maximum absolute atomic E-state index is 8.81. The second-order valence-corrected chi connectivity index (χ2v) is 3.34. The minimum atomic E-state index is 0.338. The molecule has 1 aromatic carbocycles. The number of hydrogen-bond acceptors (Lipinski definition) is 3. The molecular formula is C11H18N2O. The van der Waals surface area contributed by atoms with Gasteiger partial charge in [-0.1, -0.05) is 12.1 Å². The molecule has 0 bridgehead atoms. The summed E-state index contributed by atoms with van der Waals surface area (Å²) in [5.41, 5.74) is 1.09. The van der Waals surface area contributed by atoms with Gasteiger partial charge in [-0.05, 0) is 24.6 Å². The zero-order chi connectivity index (χ0) is 10.2.